The monoisotopic (exact) mass is 347 g/mol. The van der Waals surface area contributed by atoms with Crippen molar-refractivity contribution in [1.82, 2.24) is 5.32 Å². The summed E-state index contributed by atoms with van der Waals surface area (Å²) in [5, 5.41) is 14.8. The second-order valence-corrected chi connectivity index (χ2v) is 5.86. The molecule has 1 aromatic heterocycles. The molecule has 102 valence electrons. The van der Waals surface area contributed by atoms with Gasteiger partial charge in [0.05, 0.1) is 6.10 Å². The van der Waals surface area contributed by atoms with Crippen molar-refractivity contribution in [2.75, 3.05) is 6.54 Å². The van der Waals surface area contributed by atoms with E-state index < -0.39 is 17.7 Å². The van der Waals surface area contributed by atoms with Crippen LogP contribution in [0.2, 0.25) is 0 Å². The van der Waals surface area contributed by atoms with Gasteiger partial charge in [0.2, 0.25) is 0 Å². The van der Waals surface area contributed by atoms with E-state index in [1.54, 1.807) is 11.3 Å². The van der Waals surface area contributed by atoms with E-state index in [-0.39, 0.29) is 12.1 Å². The summed E-state index contributed by atoms with van der Waals surface area (Å²) in [6, 6.07) is 5.00. The van der Waals surface area contributed by atoms with E-state index in [9.17, 15) is 13.9 Å². The van der Waals surface area contributed by atoms with Gasteiger partial charge >= 0.3 is 0 Å². The minimum atomic E-state index is -1.07. The highest BCUT2D eigenvalue weighted by Gasteiger charge is 2.13. The van der Waals surface area contributed by atoms with Gasteiger partial charge in [-0.25, -0.2) is 8.78 Å². The molecule has 2 nitrogen and oxygen atoms in total. The van der Waals surface area contributed by atoms with Gasteiger partial charge in [0.1, 0.15) is 11.6 Å². The van der Waals surface area contributed by atoms with Gasteiger partial charge in [0, 0.05) is 28.0 Å². The zero-order chi connectivity index (χ0) is 13.8. The predicted octanol–water partition coefficient (Wildman–Crippen LogP) is 3.61. The maximum atomic E-state index is 13.4. The fraction of sp³-hybridized carbons (Fsp3) is 0.231. The van der Waals surface area contributed by atoms with Gasteiger partial charge in [0.25, 0.3) is 0 Å². The highest BCUT2D eigenvalue weighted by molar-refractivity contribution is 9.10. The average Bonchev–Trinajstić information content (AvgIpc) is 2.78. The summed E-state index contributed by atoms with van der Waals surface area (Å²) in [5.74, 6) is -1.16. The summed E-state index contributed by atoms with van der Waals surface area (Å²) in [6.45, 7) is 0.719. The lowest BCUT2D eigenvalue weighted by atomic mass is 10.1. The number of aliphatic hydroxyl groups is 1. The molecular formula is C13H12BrF2NOS. The van der Waals surface area contributed by atoms with Crippen LogP contribution in [0.25, 0.3) is 0 Å². The van der Waals surface area contributed by atoms with Gasteiger partial charge < -0.3 is 10.4 Å². The fourth-order valence-corrected chi connectivity index (χ4v) is 3.12. The molecule has 0 spiro atoms. The number of halogens is 3. The Kier molecular flexibility index (Phi) is 5.04. The molecule has 1 heterocycles. The molecule has 0 aliphatic carbocycles. The summed E-state index contributed by atoms with van der Waals surface area (Å²) in [5.41, 5.74) is -0.0299. The number of nitrogens with one attached hydrogen (secondary N) is 1. The molecule has 1 atom stereocenters. The Labute approximate surface area is 122 Å². The molecule has 0 radical (unpaired) electrons. The summed E-state index contributed by atoms with van der Waals surface area (Å²) in [6.07, 6.45) is -1.07. The molecule has 0 amide bonds. The Bertz CT molecular complexity index is 561. The minimum Gasteiger partial charge on any atom is -0.387 e. The van der Waals surface area contributed by atoms with Crippen LogP contribution in [0.3, 0.4) is 0 Å². The van der Waals surface area contributed by atoms with E-state index in [2.05, 4.69) is 21.2 Å². The number of thiophene rings is 1. The molecule has 0 aliphatic rings. The highest BCUT2D eigenvalue weighted by atomic mass is 79.9. The Balaban J connectivity index is 1.92. The van der Waals surface area contributed by atoms with Gasteiger partial charge in [-0.2, -0.15) is 0 Å². The molecule has 0 bridgehead atoms. The number of hydrogen-bond donors (Lipinski definition) is 2. The van der Waals surface area contributed by atoms with E-state index in [1.165, 1.54) is 0 Å². The molecule has 2 aromatic rings. The normalized spacial score (nSPS) is 12.6. The van der Waals surface area contributed by atoms with Crippen LogP contribution in [0.1, 0.15) is 16.5 Å². The van der Waals surface area contributed by atoms with E-state index >= 15 is 0 Å². The molecule has 0 fully saturated rings. The zero-order valence-corrected chi connectivity index (χ0v) is 12.3. The molecule has 0 saturated heterocycles. The third-order valence-corrected chi connectivity index (χ3v) is 4.56. The molecule has 2 rings (SSSR count). The van der Waals surface area contributed by atoms with Gasteiger partial charge in [-0.3, -0.25) is 0 Å². The lowest BCUT2D eigenvalue weighted by molar-refractivity contribution is 0.169. The zero-order valence-electron chi connectivity index (χ0n) is 9.87. The first-order valence-electron chi connectivity index (χ1n) is 5.63. The first-order chi connectivity index (χ1) is 9.08. The topological polar surface area (TPSA) is 32.3 Å². The van der Waals surface area contributed by atoms with Gasteiger partial charge in [-0.1, -0.05) is 0 Å². The predicted molar refractivity (Wildman–Crippen MR) is 75.0 cm³/mol. The van der Waals surface area contributed by atoms with Gasteiger partial charge in [-0.05, 0) is 45.6 Å². The van der Waals surface area contributed by atoms with Gasteiger partial charge in [-0.15, -0.1) is 11.3 Å². The van der Waals surface area contributed by atoms with Crippen LogP contribution in [-0.4, -0.2) is 11.7 Å². The average molecular weight is 348 g/mol. The first kappa shape index (κ1) is 14.6. The number of hydrogen-bond acceptors (Lipinski definition) is 3. The van der Waals surface area contributed by atoms with Crippen LogP contribution in [0.4, 0.5) is 8.78 Å². The molecule has 1 aromatic carbocycles. The van der Waals surface area contributed by atoms with Crippen molar-refractivity contribution >= 4 is 27.3 Å². The SMILES string of the molecule is OC(CNCc1sccc1Br)c1cc(F)ccc1F. The van der Waals surface area contributed by atoms with Crippen molar-refractivity contribution in [1.29, 1.82) is 0 Å². The Morgan fingerprint density at radius 1 is 1.32 bits per heavy atom. The summed E-state index contributed by atoms with van der Waals surface area (Å²) >= 11 is 4.98. The maximum absolute atomic E-state index is 13.4. The van der Waals surface area contributed by atoms with Crippen LogP contribution < -0.4 is 5.32 Å². The Morgan fingerprint density at radius 3 is 2.79 bits per heavy atom. The second-order valence-electron chi connectivity index (χ2n) is 4.00. The van der Waals surface area contributed by atoms with Crippen LogP contribution in [0.15, 0.2) is 34.1 Å². The lowest BCUT2D eigenvalue weighted by Gasteiger charge is -2.13. The standard InChI is InChI=1S/C13H12BrF2NOS/c14-10-3-4-19-13(10)7-17-6-12(18)9-5-8(15)1-2-11(9)16/h1-5,12,17-18H,6-7H2. The van der Waals surface area contributed by atoms with Crippen LogP contribution in [0, 0.1) is 11.6 Å². The second kappa shape index (κ2) is 6.56. The van der Waals surface area contributed by atoms with Crippen LogP contribution >= 0.6 is 27.3 Å². The van der Waals surface area contributed by atoms with E-state index in [0.717, 1.165) is 27.5 Å². The van der Waals surface area contributed by atoms with Crippen molar-refractivity contribution in [2.45, 2.75) is 12.6 Å². The summed E-state index contributed by atoms with van der Waals surface area (Å²) in [4.78, 5) is 1.09. The quantitative estimate of drug-likeness (QED) is 0.865. The smallest absolute Gasteiger partial charge is 0.129 e. The van der Waals surface area contributed by atoms with Gasteiger partial charge in [0.15, 0.2) is 0 Å². The molecule has 1 unspecified atom stereocenters. The van der Waals surface area contributed by atoms with Crippen LogP contribution in [0.5, 0.6) is 0 Å². The van der Waals surface area contributed by atoms with E-state index in [1.807, 2.05) is 11.4 Å². The Morgan fingerprint density at radius 2 is 2.11 bits per heavy atom. The third-order valence-electron chi connectivity index (χ3n) is 2.63. The minimum absolute atomic E-state index is 0.0299. The van der Waals surface area contributed by atoms with Crippen molar-refractivity contribution in [3.05, 3.63) is 56.2 Å². The van der Waals surface area contributed by atoms with Crippen LogP contribution in [-0.2, 0) is 6.54 Å². The van der Waals surface area contributed by atoms with Crippen molar-refractivity contribution in [3.8, 4) is 0 Å². The molecule has 6 heteroatoms. The third kappa shape index (κ3) is 3.82. The Hall–Kier alpha value is -0.820. The molecule has 0 aliphatic heterocycles. The molecule has 19 heavy (non-hydrogen) atoms. The first-order valence-corrected chi connectivity index (χ1v) is 7.31. The van der Waals surface area contributed by atoms with E-state index in [0.29, 0.717) is 6.54 Å². The lowest BCUT2D eigenvalue weighted by Crippen LogP contribution is -2.21. The fourth-order valence-electron chi connectivity index (χ4n) is 1.65. The number of rotatable bonds is 5. The molecule has 2 N–H and O–H groups in total. The van der Waals surface area contributed by atoms with E-state index in [4.69, 9.17) is 0 Å². The number of aliphatic hydroxyl groups excluding tert-OH is 1. The van der Waals surface area contributed by atoms with Crippen molar-refractivity contribution < 1.29 is 13.9 Å². The maximum Gasteiger partial charge on any atom is 0.129 e. The van der Waals surface area contributed by atoms with Crippen molar-refractivity contribution in [3.63, 3.8) is 0 Å². The summed E-state index contributed by atoms with van der Waals surface area (Å²) in [7, 11) is 0. The largest absolute Gasteiger partial charge is 0.387 e. The highest BCUT2D eigenvalue weighted by Crippen LogP contribution is 2.23. The number of benzene rings is 1. The van der Waals surface area contributed by atoms with Crippen molar-refractivity contribution in [2.24, 2.45) is 0 Å². The summed E-state index contributed by atoms with van der Waals surface area (Å²) < 4.78 is 27.4. The molecule has 0 saturated carbocycles. The molecular weight excluding hydrogens is 336 g/mol.